The van der Waals surface area contributed by atoms with Crippen LogP contribution in [-0.4, -0.2) is 82.4 Å². The van der Waals surface area contributed by atoms with E-state index in [2.05, 4.69) is 11.8 Å². The quantitative estimate of drug-likeness (QED) is 0.784. The van der Waals surface area contributed by atoms with Crippen molar-refractivity contribution < 1.29 is 17.9 Å². The highest BCUT2D eigenvalue weighted by Crippen LogP contribution is 2.21. The van der Waals surface area contributed by atoms with Gasteiger partial charge in [0.05, 0.1) is 31.2 Å². The Morgan fingerprint density at radius 1 is 1.20 bits per heavy atom. The number of piperazine rings is 1. The second-order valence-corrected chi connectivity index (χ2v) is 8.82. The third-order valence-corrected chi connectivity index (χ3v) is 6.23. The number of amides is 1. The maximum absolute atomic E-state index is 12.8. The summed E-state index contributed by atoms with van der Waals surface area (Å²) in [6.45, 7) is 5.78. The van der Waals surface area contributed by atoms with E-state index in [4.69, 9.17) is 4.74 Å². The molecule has 0 aliphatic carbocycles. The summed E-state index contributed by atoms with van der Waals surface area (Å²) in [5.41, 5.74) is 1.11. The van der Waals surface area contributed by atoms with E-state index in [1.54, 1.807) is 24.3 Å². The van der Waals surface area contributed by atoms with Gasteiger partial charge in [0.2, 0.25) is 10.0 Å². The molecule has 2 saturated heterocycles. The van der Waals surface area contributed by atoms with E-state index in [0.717, 1.165) is 19.4 Å². The largest absolute Gasteiger partial charge is 0.378 e. The van der Waals surface area contributed by atoms with Gasteiger partial charge in [-0.05, 0) is 31.2 Å². The van der Waals surface area contributed by atoms with Crippen molar-refractivity contribution in [2.24, 2.45) is 0 Å². The topological polar surface area (TPSA) is 70.2 Å². The van der Waals surface area contributed by atoms with Crippen LogP contribution >= 0.6 is 0 Å². The van der Waals surface area contributed by atoms with E-state index >= 15 is 0 Å². The number of hydrogen-bond acceptors (Lipinski definition) is 5. The Hall–Kier alpha value is -1.64. The number of sulfonamides is 1. The summed E-state index contributed by atoms with van der Waals surface area (Å²) in [5.74, 6) is -0.0218. The van der Waals surface area contributed by atoms with E-state index in [0.29, 0.717) is 37.0 Å². The minimum atomic E-state index is -3.31. The standard InChI is InChI=1S/C17H25N3O4S/c1-13-11-24-12-16-10-19(8-9-20(13)16)17(21)14-4-6-15(7-5-14)18(2)25(3,22)23/h4-7,13,16H,8-12H2,1-3H3/t13-,16+/m0/s1. The highest BCUT2D eigenvalue weighted by Gasteiger charge is 2.35. The first-order chi connectivity index (χ1) is 11.8. The summed E-state index contributed by atoms with van der Waals surface area (Å²) in [5, 5.41) is 0. The highest BCUT2D eigenvalue weighted by molar-refractivity contribution is 7.92. The minimum absolute atomic E-state index is 0.0218. The summed E-state index contributed by atoms with van der Waals surface area (Å²) in [4.78, 5) is 17.0. The number of anilines is 1. The third-order valence-electron chi connectivity index (χ3n) is 5.03. The smallest absolute Gasteiger partial charge is 0.253 e. The molecule has 0 spiro atoms. The second kappa shape index (κ2) is 6.93. The molecule has 0 N–H and O–H groups in total. The molecule has 0 saturated carbocycles. The Morgan fingerprint density at radius 3 is 2.52 bits per heavy atom. The Kier molecular flexibility index (Phi) is 5.04. The van der Waals surface area contributed by atoms with Crippen LogP contribution in [0.2, 0.25) is 0 Å². The zero-order valence-electron chi connectivity index (χ0n) is 14.9. The van der Waals surface area contributed by atoms with E-state index < -0.39 is 10.0 Å². The second-order valence-electron chi connectivity index (χ2n) is 6.81. The molecule has 7 nitrogen and oxygen atoms in total. The van der Waals surface area contributed by atoms with Crippen molar-refractivity contribution >= 4 is 21.6 Å². The molecular formula is C17H25N3O4S. The van der Waals surface area contributed by atoms with E-state index in [1.165, 1.54) is 11.4 Å². The molecule has 2 aliphatic heterocycles. The molecule has 25 heavy (non-hydrogen) atoms. The zero-order chi connectivity index (χ0) is 18.2. The van der Waals surface area contributed by atoms with Crippen LogP contribution in [-0.2, 0) is 14.8 Å². The Morgan fingerprint density at radius 2 is 1.88 bits per heavy atom. The number of carbonyl (C=O) groups excluding carboxylic acids is 1. The minimum Gasteiger partial charge on any atom is -0.378 e. The summed E-state index contributed by atoms with van der Waals surface area (Å²) < 4.78 is 30.0. The molecule has 0 aromatic heterocycles. The van der Waals surface area contributed by atoms with Crippen molar-refractivity contribution in [2.45, 2.75) is 19.0 Å². The normalized spacial score (nSPS) is 24.7. The fourth-order valence-electron chi connectivity index (χ4n) is 3.44. The van der Waals surface area contributed by atoms with Crippen molar-refractivity contribution in [3.63, 3.8) is 0 Å². The molecule has 1 amide bonds. The van der Waals surface area contributed by atoms with Gasteiger partial charge >= 0.3 is 0 Å². The predicted molar refractivity (Wildman–Crippen MR) is 96.4 cm³/mol. The van der Waals surface area contributed by atoms with Gasteiger partial charge in [-0.25, -0.2) is 8.42 Å². The predicted octanol–water partition coefficient (Wildman–Crippen LogP) is 0.628. The number of carbonyl (C=O) groups is 1. The molecular weight excluding hydrogens is 342 g/mol. The van der Waals surface area contributed by atoms with Crippen LogP contribution in [0, 0.1) is 0 Å². The molecule has 2 heterocycles. The van der Waals surface area contributed by atoms with Crippen LogP contribution in [0.3, 0.4) is 0 Å². The number of hydrogen-bond donors (Lipinski definition) is 0. The fraction of sp³-hybridized carbons (Fsp3) is 0.588. The molecule has 1 aromatic carbocycles. The van der Waals surface area contributed by atoms with Crippen LogP contribution in [0.5, 0.6) is 0 Å². The molecule has 2 atom stereocenters. The van der Waals surface area contributed by atoms with Gasteiger partial charge in [-0.1, -0.05) is 0 Å². The van der Waals surface area contributed by atoms with E-state index in [-0.39, 0.29) is 11.9 Å². The van der Waals surface area contributed by atoms with Crippen LogP contribution in [0.25, 0.3) is 0 Å². The van der Waals surface area contributed by atoms with Gasteiger partial charge in [0.25, 0.3) is 5.91 Å². The molecule has 0 bridgehead atoms. The molecule has 0 radical (unpaired) electrons. The first kappa shape index (κ1) is 18.2. The lowest BCUT2D eigenvalue weighted by Gasteiger charge is -2.47. The summed E-state index contributed by atoms with van der Waals surface area (Å²) in [6.07, 6.45) is 1.15. The van der Waals surface area contributed by atoms with Crippen molar-refractivity contribution in [3.05, 3.63) is 29.8 Å². The number of ether oxygens (including phenoxy) is 1. The number of fused-ring (bicyclic) bond motifs is 1. The van der Waals surface area contributed by atoms with Crippen molar-refractivity contribution in [3.8, 4) is 0 Å². The molecule has 3 rings (SSSR count). The number of morpholine rings is 1. The number of rotatable bonds is 3. The number of nitrogens with zero attached hydrogens (tertiary/aromatic N) is 3. The average molecular weight is 367 g/mol. The van der Waals surface area contributed by atoms with Crippen LogP contribution in [0.15, 0.2) is 24.3 Å². The van der Waals surface area contributed by atoms with Gasteiger partial charge in [0.15, 0.2) is 0 Å². The number of benzene rings is 1. The molecule has 0 unspecified atom stereocenters. The fourth-order valence-corrected chi connectivity index (χ4v) is 3.95. The van der Waals surface area contributed by atoms with Gasteiger partial charge in [0, 0.05) is 38.3 Å². The van der Waals surface area contributed by atoms with E-state index in [1.807, 2.05) is 4.90 Å². The van der Waals surface area contributed by atoms with Crippen molar-refractivity contribution in [1.29, 1.82) is 0 Å². The lowest BCUT2D eigenvalue weighted by molar-refractivity contribution is -0.0699. The van der Waals surface area contributed by atoms with E-state index in [9.17, 15) is 13.2 Å². The Bertz CT molecular complexity index is 735. The molecule has 1 aromatic rings. The SMILES string of the molecule is C[C@H]1COC[C@H]2CN(C(=O)c3ccc(N(C)S(C)(=O)=O)cc3)CCN21. The summed E-state index contributed by atoms with van der Waals surface area (Å²) in [7, 11) is -1.81. The van der Waals surface area contributed by atoms with Crippen molar-refractivity contribution in [2.75, 3.05) is 50.5 Å². The van der Waals surface area contributed by atoms with Crippen molar-refractivity contribution in [1.82, 2.24) is 9.80 Å². The third kappa shape index (κ3) is 3.80. The summed E-state index contributed by atoms with van der Waals surface area (Å²) in [6, 6.07) is 7.34. The molecule has 138 valence electrons. The first-order valence-electron chi connectivity index (χ1n) is 8.44. The van der Waals surface area contributed by atoms with Gasteiger partial charge in [0.1, 0.15) is 0 Å². The van der Waals surface area contributed by atoms with Gasteiger partial charge < -0.3 is 9.64 Å². The van der Waals surface area contributed by atoms with Crippen LogP contribution in [0.1, 0.15) is 17.3 Å². The van der Waals surface area contributed by atoms with Crippen LogP contribution in [0.4, 0.5) is 5.69 Å². The summed E-state index contributed by atoms with van der Waals surface area (Å²) >= 11 is 0. The maximum Gasteiger partial charge on any atom is 0.253 e. The lowest BCUT2D eigenvalue weighted by atomic mass is 10.1. The van der Waals surface area contributed by atoms with Gasteiger partial charge in [-0.3, -0.25) is 14.0 Å². The van der Waals surface area contributed by atoms with Gasteiger partial charge in [-0.2, -0.15) is 0 Å². The Balaban J connectivity index is 1.69. The monoisotopic (exact) mass is 367 g/mol. The molecule has 8 heteroatoms. The van der Waals surface area contributed by atoms with Crippen LogP contribution < -0.4 is 4.31 Å². The maximum atomic E-state index is 12.8. The highest BCUT2D eigenvalue weighted by atomic mass is 32.2. The first-order valence-corrected chi connectivity index (χ1v) is 10.3. The Labute approximate surface area is 149 Å². The molecule has 2 aliphatic rings. The van der Waals surface area contributed by atoms with Gasteiger partial charge in [-0.15, -0.1) is 0 Å². The zero-order valence-corrected chi connectivity index (χ0v) is 15.7. The lowest BCUT2D eigenvalue weighted by Crippen LogP contribution is -2.62. The average Bonchev–Trinajstić information content (AvgIpc) is 2.60. The molecule has 2 fully saturated rings.